The Balaban J connectivity index is 1.37. The van der Waals surface area contributed by atoms with Gasteiger partial charge in [0.15, 0.2) is 0 Å². The van der Waals surface area contributed by atoms with Gasteiger partial charge in [-0.25, -0.2) is 0 Å². The van der Waals surface area contributed by atoms with Gasteiger partial charge in [-0.05, 0) is 24.5 Å². The molecule has 1 aromatic carbocycles. The lowest BCUT2D eigenvalue weighted by Crippen LogP contribution is -2.54. The van der Waals surface area contributed by atoms with E-state index in [2.05, 4.69) is 15.5 Å². The molecule has 2 N–H and O–H groups in total. The van der Waals surface area contributed by atoms with Gasteiger partial charge in [0.1, 0.15) is 6.04 Å². The molecule has 3 saturated heterocycles. The van der Waals surface area contributed by atoms with E-state index >= 15 is 0 Å². The predicted octanol–water partition coefficient (Wildman–Crippen LogP) is -0.348. The molecule has 9 nitrogen and oxygen atoms in total. The molecule has 0 bridgehead atoms. The second-order valence-electron chi connectivity index (χ2n) is 8.46. The number of morpholine rings is 1. The first-order chi connectivity index (χ1) is 14.5. The first-order valence-corrected chi connectivity index (χ1v) is 10.4. The lowest BCUT2D eigenvalue weighted by molar-refractivity contribution is -0.136. The minimum Gasteiger partial charge on any atom is -0.371 e. The van der Waals surface area contributed by atoms with Gasteiger partial charge >= 0.3 is 0 Å². The minimum absolute atomic E-state index is 0.112. The van der Waals surface area contributed by atoms with E-state index in [-0.39, 0.29) is 24.3 Å². The van der Waals surface area contributed by atoms with Gasteiger partial charge in [-0.3, -0.25) is 34.3 Å². The highest BCUT2D eigenvalue weighted by Crippen LogP contribution is 2.33. The van der Waals surface area contributed by atoms with Crippen molar-refractivity contribution in [2.24, 2.45) is 0 Å². The lowest BCUT2D eigenvalue weighted by Gasteiger charge is -2.34. The highest BCUT2D eigenvalue weighted by molar-refractivity contribution is 6.24. The number of amides is 4. The van der Waals surface area contributed by atoms with Gasteiger partial charge in [0, 0.05) is 39.1 Å². The normalized spacial score (nSPS) is 29.6. The van der Waals surface area contributed by atoms with Crippen LogP contribution >= 0.6 is 0 Å². The molecule has 4 amide bonds. The number of ether oxygens (including phenoxy) is 1. The molecule has 158 valence electrons. The third-order valence-corrected chi connectivity index (χ3v) is 6.48. The van der Waals surface area contributed by atoms with Crippen LogP contribution in [0.25, 0.3) is 0 Å². The van der Waals surface area contributed by atoms with Crippen molar-refractivity contribution in [1.82, 2.24) is 20.4 Å². The quantitative estimate of drug-likeness (QED) is 0.654. The molecule has 30 heavy (non-hydrogen) atoms. The van der Waals surface area contributed by atoms with E-state index in [9.17, 15) is 19.2 Å². The molecule has 4 heterocycles. The Bertz CT molecular complexity index is 939. The van der Waals surface area contributed by atoms with Crippen molar-refractivity contribution in [3.63, 3.8) is 0 Å². The third-order valence-electron chi connectivity index (χ3n) is 6.48. The van der Waals surface area contributed by atoms with Crippen LogP contribution in [-0.2, 0) is 20.9 Å². The standard InChI is InChI=1S/C21H24N4O5/c26-16-5-4-15(18(27)23-16)25-19(28)14-3-1-2-13(17(14)20(25)29)10-24-8-6-21(12-24)11-22-7-9-30-21/h1-3,15,22H,4-12H2,(H,23,26,27). The largest absolute Gasteiger partial charge is 0.371 e. The number of nitrogens with one attached hydrogen (secondary N) is 2. The number of rotatable bonds is 3. The van der Waals surface area contributed by atoms with Crippen LogP contribution in [0.5, 0.6) is 0 Å². The molecule has 0 aliphatic carbocycles. The molecule has 4 aliphatic heterocycles. The number of hydrogen-bond acceptors (Lipinski definition) is 7. The van der Waals surface area contributed by atoms with Gasteiger partial charge in [0.05, 0.1) is 23.3 Å². The summed E-state index contributed by atoms with van der Waals surface area (Å²) in [5, 5.41) is 5.62. The average Bonchev–Trinajstić information content (AvgIpc) is 3.22. The molecule has 0 saturated carbocycles. The van der Waals surface area contributed by atoms with Crippen LogP contribution in [0.1, 0.15) is 45.5 Å². The summed E-state index contributed by atoms with van der Waals surface area (Å²) in [6.07, 6.45) is 1.19. The summed E-state index contributed by atoms with van der Waals surface area (Å²) in [5.41, 5.74) is 1.29. The molecule has 9 heteroatoms. The van der Waals surface area contributed by atoms with Crippen molar-refractivity contribution in [2.45, 2.75) is 37.5 Å². The number of nitrogens with zero attached hydrogens (tertiary/aromatic N) is 2. The van der Waals surface area contributed by atoms with E-state index in [4.69, 9.17) is 4.74 Å². The molecule has 0 aromatic heterocycles. The van der Waals surface area contributed by atoms with Crippen LogP contribution in [0.3, 0.4) is 0 Å². The van der Waals surface area contributed by atoms with E-state index in [0.29, 0.717) is 24.3 Å². The van der Waals surface area contributed by atoms with E-state index in [0.717, 1.165) is 43.1 Å². The van der Waals surface area contributed by atoms with Crippen molar-refractivity contribution < 1.29 is 23.9 Å². The van der Waals surface area contributed by atoms with E-state index < -0.39 is 23.8 Å². The molecule has 3 fully saturated rings. The van der Waals surface area contributed by atoms with Crippen LogP contribution in [0, 0.1) is 0 Å². The second kappa shape index (κ2) is 7.26. The van der Waals surface area contributed by atoms with Gasteiger partial charge in [-0.1, -0.05) is 12.1 Å². The number of fused-ring (bicyclic) bond motifs is 1. The SMILES string of the molecule is O=C1CCC(N2C(=O)c3cccc(CN4CCC5(CNCCO5)C4)c3C2=O)C(=O)N1. The first kappa shape index (κ1) is 19.3. The highest BCUT2D eigenvalue weighted by atomic mass is 16.5. The molecule has 4 aliphatic rings. The fourth-order valence-corrected chi connectivity index (χ4v) is 4.99. The summed E-state index contributed by atoms with van der Waals surface area (Å²) in [5.74, 6) is -1.89. The van der Waals surface area contributed by atoms with Crippen molar-refractivity contribution >= 4 is 23.6 Å². The van der Waals surface area contributed by atoms with Crippen molar-refractivity contribution in [1.29, 1.82) is 0 Å². The first-order valence-electron chi connectivity index (χ1n) is 10.4. The topological polar surface area (TPSA) is 108 Å². The molecule has 2 atom stereocenters. The van der Waals surface area contributed by atoms with Gasteiger partial charge in [0.25, 0.3) is 11.8 Å². The zero-order chi connectivity index (χ0) is 20.9. The lowest BCUT2D eigenvalue weighted by atomic mass is 10.0. The molecular weight excluding hydrogens is 388 g/mol. The van der Waals surface area contributed by atoms with Crippen molar-refractivity contribution in [3.05, 3.63) is 34.9 Å². The maximum Gasteiger partial charge on any atom is 0.262 e. The van der Waals surface area contributed by atoms with Gasteiger partial charge in [0.2, 0.25) is 11.8 Å². The van der Waals surface area contributed by atoms with Crippen molar-refractivity contribution in [2.75, 3.05) is 32.8 Å². The average molecular weight is 412 g/mol. The van der Waals surface area contributed by atoms with E-state index in [1.165, 1.54) is 0 Å². The van der Waals surface area contributed by atoms with E-state index in [1.54, 1.807) is 12.1 Å². The number of benzene rings is 1. The summed E-state index contributed by atoms with van der Waals surface area (Å²) in [7, 11) is 0. The Morgan fingerprint density at radius 1 is 1.17 bits per heavy atom. The Morgan fingerprint density at radius 2 is 2.03 bits per heavy atom. The molecule has 1 aromatic rings. The maximum atomic E-state index is 13.2. The molecular formula is C21H24N4O5. The predicted molar refractivity (Wildman–Crippen MR) is 105 cm³/mol. The van der Waals surface area contributed by atoms with Gasteiger partial charge in [-0.2, -0.15) is 0 Å². The zero-order valence-electron chi connectivity index (χ0n) is 16.6. The van der Waals surface area contributed by atoms with E-state index in [1.807, 2.05) is 6.07 Å². The van der Waals surface area contributed by atoms with Crippen LogP contribution < -0.4 is 10.6 Å². The summed E-state index contributed by atoms with van der Waals surface area (Å²) in [4.78, 5) is 53.2. The van der Waals surface area contributed by atoms with Crippen LogP contribution in [0.2, 0.25) is 0 Å². The van der Waals surface area contributed by atoms with Gasteiger partial charge in [-0.15, -0.1) is 0 Å². The fraction of sp³-hybridized carbons (Fsp3) is 0.524. The van der Waals surface area contributed by atoms with Gasteiger partial charge < -0.3 is 10.1 Å². The minimum atomic E-state index is -0.945. The summed E-state index contributed by atoms with van der Waals surface area (Å²) in [6.45, 7) is 4.53. The van der Waals surface area contributed by atoms with Crippen LogP contribution in [0.4, 0.5) is 0 Å². The Labute approximate surface area is 173 Å². The van der Waals surface area contributed by atoms with Crippen molar-refractivity contribution in [3.8, 4) is 0 Å². The molecule has 5 rings (SSSR count). The fourth-order valence-electron chi connectivity index (χ4n) is 4.99. The Kier molecular flexibility index (Phi) is 4.68. The third kappa shape index (κ3) is 3.13. The summed E-state index contributed by atoms with van der Waals surface area (Å²) < 4.78 is 6.04. The summed E-state index contributed by atoms with van der Waals surface area (Å²) in [6, 6.07) is 4.32. The maximum absolute atomic E-state index is 13.2. The number of piperidine rings is 1. The summed E-state index contributed by atoms with van der Waals surface area (Å²) >= 11 is 0. The second-order valence-corrected chi connectivity index (χ2v) is 8.46. The monoisotopic (exact) mass is 412 g/mol. The van der Waals surface area contributed by atoms with Crippen LogP contribution in [-0.4, -0.2) is 77.9 Å². The van der Waals surface area contributed by atoms with Crippen LogP contribution in [0.15, 0.2) is 18.2 Å². The smallest absolute Gasteiger partial charge is 0.262 e. The highest BCUT2D eigenvalue weighted by Gasteiger charge is 2.46. The number of likely N-dealkylation sites (tertiary alicyclic amines) is 1. The Morgan fingerprint density at radius 3 is 2.80 bits per heavy atom. The Hall–Kier alpha value is -2.62. The zero-order valence-corrected chi connectivity index (χ0v) is 16.6. The number of carbonyl (C=O) groups excluding carboxylic acids is 4. The molecule has 0 radical (unpaired) electrons. The molecule has 1 spiro atoms. The number of hydrogen-bond donors (Lipinski definition) is 2. The number of carbonyl (C=O) groups is 4. The number of imide groups is 2. The molecule has 2 unspecified atom stereocenters.